The highest BCUT2D eigenvalue weighted by atomic mass is 16.5. The number of likely N-dealkylation sites (N-methyl/N-ethyl adjacent to an activating group) is 7. The summed E-state index contributed by atoms with van der Waals surface area (Å²) in [4.78, 5) is 183. The maximum Gasteiger partial charge on any atom is 0.248 e. The normalized spacial score (nSPS) is 26.3. The average molecular weight is 1300 g/mol. The van der Waals surface area contributed by atoms with Gasteiger partial charge in [0.05, 0.1) is 18.8 Å². The van der Waals surface area contributed by atoms with Crippen molar-refractivity contribution >= 4 is 71.3 Å². The standard InChI is InChI=1S/C67H119N11O14/c1-25-27-29-44(13)36-49-58(82)70-47(26-2)61(85)77(23)53(38-92-33-28-32-79)64(88)76(22)52(37-67(16,17)91)59(83)71-54(42(9)10)65(89)72(18)48(31-30-39(3)4)57(81)68-45(14)56(80)69-46(15)60(84)74(20)50(34-40(5)6)62(86)75(21)51(35-41(7)8)63(87)78(24)55(43(11)12)66(90)73(49)19/h25,27,32,39-55,91H,26,28-31,33-38H2,1-24H3,(H,68,81)(H,69,80)(H,70,82)(H,71,83)/b27-25+/t44-,45-,46+,47+,48-,49+,50+,51+,52+,53-,54-,55+/m1/s1. The number of allylic oxidation sites excluding steroid dienone is 2. The number of carbonyl (C=O) groups is 12. The summed E-state index contributed by atoms with van der Waals surface area (Å²) in [6.45, 7) is 28.7. The third-order valence-corrected chi connectivity index (χ3v) is 17.2. The predicted octanol–water partition coefficient (Wildman–Crippen LogP) is 3.78. The van der Waals surface area contributed by atoms with Crippen molar-refractivity contribution in [2.75, 3.05) is 62.5 Å². The number of amides is 11. The summed E-state index contributed by atoms with van der Waals surface area (Å²) in [5.41, 5.74) is -1.61. The minimum Gasteiger partial charge on any atom is -0.390 e. The maximum absolute atomic E-state index is 15.3. The number of aliphatic hydroxyl groups is 1. The van der Waals surface area contributed by atoms with Crippen LogP contribution in [0.4, 0.5) is 0 Å². The van der Waals surface area contributed by atoms with Gasteiger partial charge in [0.1, 0.15) is 72.7 Å². The number of nitrogens with one attached hydrogen (secondary N) is 4. The zero-order valence-electron chi connectivity index (χ0n) is 60.2. The summed E-state index contributed by atoms with van der Waals surface area (Å²) >= 11 is 0. The minimum atomic E-state index is -1.61. The molecule has 1 saturated heterocycles. The molecule has 526 valence electrons. The van der Waals surface area contributed by atoms with Crippen LogP contribution < -0.4 is 21.3 Å². The zero-order chi connectivity index (χ0) is 71.1. The molecule has 0 aromatic rings. The number of hydrogen-bond acceptors (Lipinski definition) is 14. The van der Waals surface area contributed by atoms with Gasteiger partial charge in [-0.05, 0) is 115 Å². The topological polar surface area (TPSA) is 305 Å². The second-order valence-corrected chi connectivity index (χ2v) is 28.0. The van der Waals surface area contributed by atoms with Crippen LogP contribution in [0.1, 0.15) is 175 Å². The van der Waals surface area contributed by atoms with E-state index < -0.39 is 155 Å². The first kappa shape index (κ1) is 83.5. The Hall–Kier alpha value is -6.50. The van der Waals surface area contributed by atoms with Crippen LogP contribution in [0.5, 0.6) is 0 Å². The third kappa shape index (κ3) is 24.8. The van der Waals surface area contributed by atoms with Gasteiger partial charge < -0.3 is 70.2 Å². The number of aldehydes is 1. The predicted molar refractivity (Wildman–Crippen MR) is 354 cm³/mol. The van der Waals surface area contributed by atoms with E-state index in [-0.39, 0.29) is 75.2 Å². The highest BCUT2D eigenvalue weighted by molar-refractivity contribution is 6.00. The maximum atomic E-state index is 15.3. The number of rotatable bonds is 21. The Kier molecular flexibility index (Phi) is 35.1. The van der Waals surface area contributed by atoms with Crippen LogP contribution in [-0.4, -0.2) is 245 Å². The van der Waals surface area contributed by atoms with E-state index in [1.165, 1.54) is 102 Å². The molecule has 1 fully saturated rings. The molecule has 0 bridgehead atoms. The molecule has 1 heterocycles. The molecule has 0 aromatic carbocycles. The van der Waals surface area contributed by atoms with Crippen molar-refractivity contribution in [2.45, 2.75) is 248 Å². The van der Waals surface area contributed by atoms with E-state index in [0.29, 0.717) is 19.1 Å². The quantitative estimate of drug-likeness (QED) is 0.0621. The van der Waals surface area contributed by atoms with E-state index in [0.717, 1.165) is 9.80 Å². The van der Waals surface area contributed by atoms with Gasteiger partial charge in [-0.1, -0.05) is 95.2 Å². The van der Waals surface area contributed by atoms with Gasteiger partial charge in [0.25, 0.3) is 0 Å². The molecule has 0 spiro atoms. The number of carbonyl (C=O) groups excluding carboxylic acids is 12. The van der Waals surface area contributed by atoms with Crippen molar-refractivity contribution in [2.24, 2.45) is 35.5 Å². The van der Waals surface area contributed by atoms with Gasteiger partial charge in [-0.25, -0.2) is 0 Å². The Balaban J connectivity index is 4.51. The number of nitrogens with zero attached hydrogens (tertiary/aromatic N) is 7. The molecule has 0 radical (unpaired) electrons. The largest absolute Gasteiger partial charge is 0.390 e. The van der Waals surface area contributed by atoms with Crippen LogP contribution in [0.25, 0.3) is 0 Å². The minimum absolute atomic E-state index is 0.0106. The van der Waals surface area contributed by atoms with Gasteiger partial charge in [-0.3, -0.25) is 52.7 Å². The fourth-order valence-corrected chi connectivity index (χ4v) is 11.4. The molecule has 1 aliphatic rings. The van der Waals surface area contributed by atoms with Crippen LogP contribution in [0, 0.1) is 35.5 Å². The third-order valence-electron chi connectivity index (χ3n) is 17.2. The molecule has 92 heavy (non-hydrogen) atoms. The Morgan fingerprint density at radius 2 is 0.967 bits per heavy atom. The van der Waals surface area contributed by atoms with Crippen molar-refractivity contribution in [3.05, 3.63) is 12.2 Å². The lowest BCUT2D eigenvalue weighted by Gasteiger charge is -2.41. The van der Waals surface area contributed by atoms with E-state index >= 15 is 24.0 Å². The molecule has 0 saturated carbocycles. The van der Waals surface area contributed by atoms with Crippen LogP contribution in [0.15, 0.2) is 12.2 Å². The molecule has 1 aliphatic heterocycles. The lowest BCUT2D eigenvalue weighted by molar-refractivity contribution is -0.156. The van der Waals surface area contributed by atoms with Gasteiger partial charge in [0.2, 0.25) is 65.0 Å². The van der Waals surface area contributed by atoms with Crippen molar-refractivity contribution in [1.82, 2.24) is 55.6 Å². The smallest absolute Gasteiger partial charge is 0.248 e. The molecule has 1 rings (SSSR count). The summed E-state index contributed by atoms with van der Waals surface area (Å²) in [6, 6.07) is -14.1. The molecule has 12 atom stereocenters. The SMILES string of the molecule is C/C=C/C[C@@H](C)C[C@H]1C(=O)N[C@@H](CC)C(=O)N(C)[C@H](COCCC=O)C(=O)N(C)[C@@H](CC(C)(C)O)C(=O)N[C@H](C(C)C)C(=O)N(C)[C@H](CCC(C)C)C(=O)N[C@H](C)C(=O)N[C@@H](C)C(=O)N(C)[C@@H](CC(C)C)C(=O)N(C)[C@@H](CC(C)C)C(=O)N(C)[C@@H](C(C)C)C(=O)N1C. The summed E-state index contributed by atoms with van der Waals surface area (Å²) in [5.74, 6) is -9.38. The van der Waals surface area contributed by atoms with Crippen LogP contribution in [0.3, 0.4) is 0 Å². The average Bonchev–Trinajstić information content (AvgIpc) is 0.905. The van der Waals surface area contributed by atoms with Crippen molar-refractivity contribution in [3.8, 4) is 0 Å². The van der Waals surface area contributed by atoms with E-state index in [1.54, 1.807) is 34.6 Å². The highest BCUT2D eigenvalue weighted by Gasteiger charge is 2.45. The zero-order valence-corrected chi connectivity index (χ0v) is 60.2. The van der Waals surface area contributed by atoms with E-state index in [2.05, 4.69) is 21.3 Å². The van der Waals surface area contributed by atoms with Gasteiger partial charge in [0, 0.05) is 62.2 Å². The number of ether oxygens (including phenoxy) is 1. The Labute approximate surface area is 549 Å². The second-order valence-electron chi connectivity index (χ2n) is 28.0. The Bertz CT molecular complexity index is 2520. The first-order chi connectivity index (χ1) is 42.5. The first-order valence-electron chi connectivity index (χ1n) is 33.0. The fraction of sp³-hybridized carbons (Fsp3) is 0.791. The first-order valence-corrected chi connectivity index (χ1v) is 33.0. The fourth-order valence-electron chi connectivity index (χ4n) is 11.4. The molecular formula is C67H119N11O14. The molecule has 25 nitrogen and oxygen atoms in total. The Morgan fingerprint density at radius 3 is 1.45 bits per heavy atom. The van der Waals surface area contributed by atoms with E-state index in [9.17, 15) is 38.7 Å². The molecule has 0 aromatic heterocycles. The van der Waals surface area contributed by atoms with E-state index in [4.69, 9.17) is 4.74 Å². The second kappa shape index (κ2) is 38.6. The van der Waals surface area contributed by atoms with Gasteiger partial charge in [0.15, 0.2) is 0 Å². The molecular weight excluding hydrogens is 1180 g/mol. The number of hydrogen-bond donors (Lipinski definition) is 5. The van der Waals surface area contributed by atoms with Gasteiger partial charge in [-0.2, -0.15) is 0 Å². The molecule has 11 amide bonds. The highest BCUT2D eigenvalue weighted by Crippen LogP contribution is 2.26. The summed E-state index contributed by atoms with van der Waals surface area (Å²) in [6.07, 6.45) is 5.47. The summed E-state index contributed by atoms with van der Waals surface area (Å²) < 4.78 is 5.81. The molecule has 0 aliphatic carbocycles. The summed E-state index contributed by atoms with van der Waals surface area (Å²) in [5, 5.41) is 22.4. The van der Waals surface area contributed by atoms with E-state index in [1.807, 2.05) is 67.5 Å². The molecule has 25 heteroatoms. The van der Waals surface area contributed by atoms with Crippen LogP contribution >= 0.6 is 0 Å². The summed E-state index contributed by atoms with van der Waals surface area (Å²) in [7, 11) is 9.88. The van der Waals surface area contributed by atoms with Crippen molar-refractivity contribution in [3.63, 3.8) is 0 Å². The van der Waals surface area contributed by atoms with Crippen molar-refractivity contribution in [1.29, 1.82) is 0 Å². The van der Waals surface area contributed by atoms with Gasteiger partial charge >= 0.3 is 0 Å². The monoisotopic (exact) mass is 1300 g/mol. The lowest BCUT2D eigenvalue weighted by atomic mass is 9.93. The Morgan fingerprint density at radius 1 is 0.511 bits per heavy atom. The van der Waals surface area contributed by atoms with Crippen LogP contribution in [-0.2, 0) is 62.3 Å². The molecule has 5 N–H and O–H groups in total. The van der Waals surface area contributed by atoms with Gasteiger partial charge in [-0.15, -0.1) is 0 Å². The van der Waals surface area contributed by atoms with Crippen molar-refractivity contribution < 1.29 is 67.4 Å². The van der Waals surface area contributed by atoms with Crippen LogP contribution in [0.2, 0.25) is 0 Å². The molecule has 0 unspecified atom stereocenters. The lowest BCUT2D eigenvalue weighted by Crippen LogP contribution is -2.62.